The van der Waals surface area contributed by atoms with Gasteiger partial charge >= 0.3 is 0 Å². The van der Waals surface area contributed by atoms with Crippen LogP contribution in [0.4, 0.5) is 5.13 Å². The monoisotopic (exact) mass is 301 g/mol. The molecule has 0 aliphatic heterocycles. The van der Waals surface area contributed by atoms with Gasteiger partial charge in [-0.15, -0.1) is 10.2 Å². The van der Waals surface area contributed by atoms with Crippen molar-refractivity contribution in [1.29, 1.82) is 0 Å². The number of carbonyl (C=O) groups excluding carboxylic acids is 1. The number of rotatable bonds is 5. The number of likely N-dealkylation sites (N-methyl/N-ethyl adjacent to an activating group) is 1. The summed E-state index contributed by atoms with van der Waals surface area (Å²) in [5.41, 5.74) is 4.95. The van der Waals surface area contributed by atoms with Crippen LogP contribution in [0.5, 0.6) is 0 Å². The summed E-state index contributed by atoms with van der Waals surface area (Å²) in [5, 5.41) is 12.6. The minimum absolute atomic E-state index is 0.260. The number of hydrogen-bond donors (Lipinski definition) is 2. The molecule has 6 nitrogen and oxygen atoms in total. The highest BCUT2D eigenvalue weighted by Gasteiger charge is 2.43. The molecule has 2 unspecified atom stereocenters. The predicted molar refractivity (Wildman–Crippen MR) is 78.7 cm³/mol. The van der Waals surface area contributed by atoms with Gasteiger partial charge in [-0.25, -0.2) is 0 Å². The third kappa shape index (κ3) is 3.01. The van der Waals surface area contributed by atoms with E-state index in [1.807, 2.05) is 19.0 Å². The first kappa shape index (κ1) is 14.5. The third-order valence-corrected chi connectivity index (χ3v) is 5.91. The normalized spacial score (nSPS) is 26.6. The van der Waals surface area contributed by atoms with Gasteiger partial charge in [0.15, 0.2) is 4.34 Å². The van der Waals surface area contributed by atoms with E-state index in [2.05, 4.69) is 15.5 Å². The Morgan fingerprint density at radius 1 is 1.58 bits per heavy atom. The van der Waals surface area contributed by atoms with E-state index in [9.17, 15) is 4.79 Å². The highest BCUT2D eigenvalue weighted by Crippen LogP contribution is 2.41. The lowest BCUT2D eigenvalue weighted by molar-refractivity contribution is -0.124. The molecule has 0 spiro atoms. The second-order valence-corrected chi connectivity index (χ2v) is 7.43. The van der Waals surface area contributed by atoms with Crippen LogP contribution in [0.2, 0.25) is 0 Å². The summed E-state index contributed by atoms with van der Waals surface area (Å²) >= 11 is 3.27. The van der Waals surface area contributed by atoms with Gasteiger partial charge in [-0.3, -0.25) is 4.79 Å². The van der Waals surface area contributed by atoms with Crippen molar-refractivity contribution in [2.45, 2.75) is 34.4 Å². The summed E-state index contributed by atoms with van der Waals surface area (Å²) in [5.74, 6) is -0.260. The van der Waals surface area contributed by atoms with E-state index < -0.39 is 5.54 Å². The molecule has 0 aromatic carbocycles. The molecule has 0 radical (unpaired) electrons. The van der Waals surface area contributed by atoms with Gasteiger partial charge in [0.05, 0.1) is 5.54 Å². The average molecular weight is 301 g/mol. The summed E-state index contributed by atoms with van der Waals surface area (Å²) in [6, 6.07) is 0. The topological polar surface area (TPSA) is 84.1 Å². The summed E-state index contributed by atoms with van der Waals surface area (Å²) in [7, 11) is 5.69. The van der Waals surface area contributed by atoms with Crippen LogP contribution in [-0.2, 0) is 4.79 Å². The van der Waals surface area contributed by atoms with Crippen molar-refractivity contribution in [3.05, 3.63) is 0 Å². The molecule has 1 amide bonds. The summed E-state index contributed by atoms with van der Waals surface area (Å²) in [6.07, 6.45) is 2.50. The van der Waals surface area contributed by atoms with Gasteiger partial charge in [-0.2, -0.15) is 0 Å². The minimum Gasteiger partial charge on any atom is -0.368 e. The molecule has 0 saturated heterocycles. The average Bonchev–Trinajstić information content (AvgIpc) is 2.97. The number of amides is 1. The lowest BCUT2D eigenvalue weighted by atomic mass is 9.97. The number of aromatic nitrogens is 2. The Balaban J connectivity index is 1.99. The SMILES string of the molecule is CNC1(C(N)=O)CCC(Sc2nnc(N(C)C)s2)C1. The molecule has 106 valence electrons. The Morgan fingerprint density at radius 2 is 2.32 bits per heavy atom. The first-order chi connectivity index (χ1) is 8.97. The van der Waals surface area contributed by atoms with Gasteiger partial charge in [0.25, 0.3) is 0 Å². The molecule has 1 aromatic rings. The zero-order valence-electron chi connectivity index (χ0n) is 11.3. The second kappa shape index (κ2) is 5.64. The molecular weight excluding hydrogens is 282 g/mol. The van der Waals surface area contributed by atoms with Crippen LogP contribution < -0.4 is 16.0 Å². The fourth-order valence-corrected chi connectivity index (χ4v) is 4.55. The largest absolute Gasteiger partial charge is 0.368 e. The molecular formula is C11H19N5OS2. The van der Waals surface area contributed by atoms with Crippen molar-refractivity contribution in [2.75, 3.05) is 26.0 Å². The third-order valence-electron chi connectivity index (χ3n) is 3.47. The Kier molecular flexibility index (Phi) is 4.32. The van der Waals surface area contributed by atoms with Gasteiger partial charge in [-0.05, 0) is 26.3 Å². The van der Waals surface area contributed by atoms with Crippen molar-refractivity contribution < 1.29 is 4.79 Å². The molecule has 1 heterocycles. The van der Waals surface area contributed by atoms with Crippen molar-refractivity contribution in [1.82, 2.24) is 15.5 Å². The first-order valence-electron chi connectivity index (χ1n) is 6.13. The van der Waals surface area contributed by atoms with Crippen molar-refractivity contribution in [3.63, 3.8) is 0 Å². The summed E-state index contributed by atoms with van der Waals surface area (Å²) in [6.45, 7) is 0. The second-order valence-electron chi connectivity index (χ2n) is 4.92. The van der Waals surface area contributed by atoms with E-state index in [1.165, 1.54) is 0 Å². The maximum atomic E-state index is 11.6. The molecule has 3 N–H and O–H groups in total. The Bertz CT molecular complexity index is 464. The van der Waals surface area contributed by atoms with E-state index in [4.69, 9.17) is 5.73 Å². The quantitative estimate of drug-likeness (QED) is 0.832. The number of nitrogens with one attached hydrogen (secondary N) is 1. The van der Waals surface area contributed by atoms with Crippen LogP contribution in [0.3, 0.4) is 0 Å². The number of nitrogens with zero attached hydrogens (tertiary/aromatic N) is 3. The van der Waals surface area contributed by atoms with Crippen molar-refractivity contribution >= 4 is 34.1 Å². The summed E-state index contributed by atoms with van der Waals surface area (Å²) in [4.78, 5) is 13.5. The van der Waals surface area contributed by atoms with Crippen LogP contribution in [0.15, 0.2) is 4.34 Å². The standard InChI is InChI=1S/C11H19N5OS2/c1-13-11(8(12)17)5-4-7(6-11)18-10-15-14-9(19-10)16(2)3/h7,13H,4-6H2,1-3H3,(H2,12,17). The lowest BCUT2D eigenvalue weighted by Crippen LogP contribution is -2.52. The summed E-state index contributed by atoms with van der Waals surface area (Å²) < 4.78 is 0.949. The molecule has 1 aliphatic rings. The van der Waals surface area contributed by atoms with Crippen LogP contribution in [-0.4, -0.2) is 48.0 Å². The first-order valence-corrected chi connectivity index (χ1v) is 7.83. The maximum absolute atomic E-state index is 11.6. The van der Waals surface area contributed by atoms with E-state index in [0.717, 1.165) is 28.7 Å². The van der Waals surface area contributed by atoms with Crippen molar-refractivity contribution in [3.8, 4) is 0 Å². The van der Waals surface area contributed by atoms with Gasteiger partial charge in [0.1, 0.15) is 0 Å². The Morgan fingerprint density at radius 3 is 2.79 bits per heavy atom. The lowest BCUT2D eigenvalue weighted by Gasteiger charge is -2.24. The molecule has 2 atom stereocenters. The van der Waals surface area contributed by atoms with E-state index in [0.29, 0.717) is 5.25 Å². The van der Waals surface area contributed by atoms with Gasteiger partial charge < -0.3 is 16.0 Å². The predicted octanol–water partition coefficient (Wildman–Crippen LogP) is 0.692. The molecule has 1 aliphatic carbocycles. The number of carbonyl (C=O) groups is 1. The van der Waals surface area contributed by atoms with E-state index in [1.54, 1.807) is 30.1 Å². The Labute approximate surface area is 121 Å². The van der Waals surface area contributed by atoms with Crippen LogP contribution in [0.1, 0.15) is 19.3 Å². The van der Waals surface area contributed by atoms with Gasteiger partial charge in [0, 0.05) is 19.3 Å². The van der Waals surface area contributed by atoms with Crippen LogP contribution >= 0.6 is 23.1 Å². The van der Waals surface area contributed by atoms with Crippen molar-refractivity contribution in [2.24, 2.45) is 5.73 Å². The fraction of sp³-hybridized carbons (Fsp3) is 0.727. The van der Waals surface area contributed by atoms with Gasteiger partial charge in [-0.1, -0.05) is 23.1 Å². The Hall–Kier alpha value is -0.860. The zero-order valence-corrected chi connectivity index (χ0v) is 13.0. The fourth-order valence-electron chi connectivity index (χ4n) is 2.25. The molecule has 8 heteroatoms. The zero-order chi connectivity index (χ0) is 14.0. The van der Waals surface area contributed by atoms with Crippen LogP contribution in [0.25, 0.3) is 0 Å². The molecule has 2 rings (SSSR count). The minimum atomic E-state index is -0.549. The number of primary amides is 1. The highest BCUT2D eigenvalue weighted by atomic mass is 32.2. The number of nitrogens with two attached hydrogens (primary N) is 1. The molecule has 0 bridgehead atoms. The maximum Gasteiger partial charge on any atom is 0.237 e. The molecule has 1 fully saturated rings. The molecule has 1 aromatic heterocycles. The molecule has 1 saturated carbocycles. The molecule has 19 heavy (non-hydrogen) atoms. The van der Waals surface area contributed by atoms with E-state index >= 15 is 0 Å². The number of anilines is 1. The number of hydrogen-bond acceptors (Lipinski definition) is 7. The number of thioether (sulfide) groups is 1. The van der Waals surface area contributed by atoms with Gasteiger partial charge in [0.2, 0.25) is 11.0 Å². The smallest absolute Gasteiger partial charge is 0.237 e. The highest BCUT2D eigenvalue weighted by molar-refractivity contribution is 8.01. The van der Waals surface area contributed by atoms with E-state index in [-0.39, 0.29) is 5.91 Å². The van der Waals surface area contributed by atoms with Crippen LogP contribution in [0, 0.1) is 0 Å².